The lowest BCUT2D eigenvalue weighted by atomic mass is 9.93. The van der Waals surface area contributed by atoms with E-state index in [2.05, 4.69) is 15.5 Å². The molecule has 2 heterocycles. The van der Waals surface area contributed by atoms with Gasteiger partial charge in [-0.05, 0) is 60.7 Å². The molecule has 1 aliphatic carbocycles. The largest absolute Gasteiger partial charge is 0.481 e. The number of aliphatic carboxylic acids is 1. The Morgan fingerprint density at radius 1 is 0.878 bits per heavy atom. The first kappa shape index (κ1) is 26.3. The van der Waals surface area contributed by atoms with Gasteiger partial charge in [-0.3, -0.25) is 4.79 Å². The highest BCUT2D eigenvalue weighted by Crippen LogP contribution is 2.48. The summed E-state index contributed by atoms with van der Waals surface area (Å²) in [6, 6.07) is 25.5. The lowest BCUT2D eigenvalue weighted by Crippen LogP contribution is -2.19. The molecule has 0 radical (unpaired) electrons. The van der Waals surface area contributed by atoms with Gasteiger partial charge in [0.2, 0.25) is 0 Å². The number of anilines is 2. The second kappa shape index (κ2) is 9.92. The number of aryl methyl sites for hydroxylation is 1. The lowest BCUT2D eigenvalue weighted by molar-refractivity contribution is -0.140. The summed E-state index contributed by atoms with van der Waals surface area (Å²) in [6.07, 6.45) is -3.12. The Bertz CT molecular complexity index is 1740. The number of benzene rings is 3. The second-order valence-electron chi connectivity index (χ2n) is 10.1. The molecule has 2 N–H and O–H groups in total. The van der Waals surface area contributed by atoms with E-state index in [1.165, 1.54) is 6.07 Å². The van der Waals surface area contributed by atoms with Crippen LogP contribution in [0.3, 0.4) is 0 Å². The van der Waals surface area contributed by atoms with Crippen LogP contribution in [0.2, 0.25) is 0 Å². The Balaban J connectivity index is 1.23. The zero-order valence-electron chi connectivity index (χ0n) is 21.9. The van der Waals surface area contributed by atoms with E-state index < -0.39 is 23.1 Å². The highest BCUT2D eigenvalue weighted by Gasteiger charge is 2.51. The van der Waals surface area contributed by atoms with Crippen LogP contribution >= 0.6 is 0 Å². The van der Waals surface area contributed by atoms with Crippen LogP contribution in [0.25, 0.3) is 33.7 Å². The van der Waals surface area contributed by atoms with Crippen LogP contribution in [0.1, 0.15) is 29.7 Å². The second-order valence-corrected chi connectivity index (χ2v) is 10.1. The third-order valence-corrected chi connectivity index (χ3v) is 7.43. The van der Waals surface area contributed by atoms with Gasteiger partial charge in [0.05, 0.1) is 16.7 Å². The summed E-state index contributed by atoms with van der Waals surface area (Å²) >= 11 is 0. The number of carboxylic acid groups (broad SMARTS) is 1. The highest BCUT2D eigenvalue weighted by atomic mass is 19.4. The third-order valence-electron chi connectivity index (χ3n) is 7.43. The van der Waals surface area contributed by atoms with Crippen molar-refractivity contribution in [3.63, 3.8) is 0 Å². The Labute approximate surface area is 233 Å². The number of nitrogens with zero attached hydrogens (tertiary/aromatic N) is 2. The normalized spacial score (nSPS) is 14.0. The van der Waals surface area contributed by atoms with Gasteiger partial charge >= 0.3 is 12.1 Å². The van der Waals surface area contributed by atoms with Crippen LogP contribution in [0.5, 0.6) is 0 Å². The predicted octanol–water partition coefficient (Wildman–Crippen LogP) is 8.26. The van der Waals surface area contributed by atoms with Crippen LogP contribution in [-0.2, 0) is 16.4 Å². The average Bonchev–Trinajstić information content (AvgIpc) is 3.72. The van der Waals surface area contributed by atoms with E-state index in [-0.39, 0.29) is 0 Å². The van der Waals surface area contributed by atoms with E-state index in [0.717, 1.165) is 34.4 Å². The zero-order chi connectivity index (χ0) is 28.8. The first-order chi connectivity index (χ1) is 19.6. The van der Waals surface area contributed by atoms with Crippen LogP contribution in [-0.4, -0.2) is 21.2 Å². The van der Waals surface area contributed by atoms with Crippen molar-refractivity contribution < 1.29 is 27.6 Å². The number of hydrogen-bond donors (Lipinski definition) is 2. The van der Waals surface area contributed by atoms with Gasteiger partial charge in [0.1, 0.15) is 17.2 Å². The molecule has 1 fully saturated rings. The minimum atomic E-state index is -4.45. The smallest absolute Gasteiger partial charge is 0.416 e. The quantitative estimate of drug-likeness (QED) is 0.210. The highest BCUT2D eigenvalue weighted by molar-refractivity contribution is 5.85. The van der Waals surface area contributed by atoms with Gasteiger partial charge in [-0.25, -0.2) is 4.98 Å². The van der Waals surface area contributed by atoms with Gasteiger partial charge in [-0.1, -0.05) is 71.9 Å². The predicted molar refractivity (Wildman–Crippen MR) is 149 cm³/mol. The molecule has 2 aromatic heterocycles. The molecule has 3 aromatic carbocycles. The maximum Gasteiger partial charge on any atom is 0.416 e. The topological polar surface area (TPSA) is 88.2 Å². The van der Waals surface area contributed by atoms with Crippen LogP contribution in [0.15, 0.2) is 95.5 Å². The fourth-order valence-electron chi connectivity index (χ4n) is 4.91. The molecule has 0 aliphatic heterocycles. The third kappa shape index (κ3) is 5.06. The van der Waals surface area contributed by atoms with Crippen molar-refractivity contribution in [2.75, 3.05) is 5.32 Å². The van der Waals surface area contributed by atoms with Gasteiger partial charge in [0.25, 0.3) is 0 Å². The summed E-state index contributed by atoms with van der Waals surface area (Å²) in [5.41, 5.74) is 3.97. The van der Waals surface area contributed by atoms with Gasteiger partial charge in [0.15, 0.2) is 5.76 Å². The monoisotopic (exact) mass is 555 g/mol. The van der Waals surface area contributed by atoms with Gasteiger partial charge in [-0.2, -0.15) is 13.2 Å². The standard InChI is InChI=1S/C32H24F3N3O3/c1-19-28(37-27-7-3-6-26(36-27)23-4-2-5-25(18-23)32(33,34)35)29(41-38-19)22-10-8-20(9-11-22)21-12-14-24(15-13-21)31(16-17-31)30(39)40/h2-15,18H,16-17H2,1H3,(H,36,37)(H,39,40). The van der Waals surface area contributed by atoms with E-state index in [1.807, 2.05) is 48.5 Å². The summed E-state index contributed by atoms with van der Waals surface area (Å²) < 4.78 is 45.2. The molecule has 0 unspecified atom stereocenters. The Morgan fingerprint density at radius 3 is 2.15 bits per heavy atom. The summed E-state index contributed by atoms with van der Waals surface area (Å²) in [4.78, 5) is 16.1. The number of carboxylic acids is 1. The molecule has 5 aromatic rings. The van der Waals surface area contributed by atoms with E-state index in [0.29, 0.717) is 47.1 Å². The first-order valence-electron chi connectivity index (χ1n) is 13.0. The van der Waals surface area contributed by atoms with E-state index in [4.69, 9.17) is 4.52 Å². The number of alkyl halides is 3. The molecule has 6 nitrogen and oxygen atoms in total. The lowest BCUT2D eigenvalue weighted by Gasteiger charge is -2.11. The molecule has 6 rings (SSSR count). The number of rotatable bonds is 7. The Kier molecular flexibility index (Phi) is 6.37. The van der Waals surface area contributed by atoms with Gasteiger partial charge in [0, 0.05) is 11.1 Å². The first-order valence-corrected chi connectivity index (χ1v) is 13.0. The van der Waals surface area contributed by atoms with Crippen molar-refractivity contribution in [3.05, 3.63) is 108 Å². The minimum Gasteiger partial charge on any atom is -0.481 e. The maximum atomic E-state index is 13.2. The molecule has 41 heavy (non-hydrogen) atoms. The molecule has 206 valence electrons. The molecule has 0 spiro atoms. The number of halogens is 3. The number of carbonyl (C=O) groups is 1. The number of hydrogen-bond acceptors (Lipinski definition) is 5. The van der Waals surface area contributed by atoms with Crippen molar-refractivity contribution in [2.45, 2.75) is 31.4 Å². The maximum absolute atomic E-state index is 13.2. The van der Waals surface area contributed by atoms with Gasteiger partial charge < -0.3 is 14.9 Å². The fraction of sp³-hybridized carbons (Fsp3) is 0.156. The van der Waals surface area contributed by atoms with Crippen LogP contribution in [0, 0.1) is 6.92 Å². The summed E-state index contributed by atoms with van der Waals surface area (Å²) in [5, 5.41) is 16.9. The summed E-state index contributed by atoms with van der Waals surface area (Å²) in [6.45, 7) is 1.78. The van der Waals surface area contributed by atoms with E-state index in [9.17, 15) is 23.1 Å². The summed E-state index contributed by atoms with van der Waals surface area (Å²) in [5.74, 6) is 0.144. The van der Waals surface area contributed by atoms with Crippen molar-refractivity contribution in [1.29, 1.82) is 0 Å². The van der Waals surface area contributed by atoms with Crippen LogP contribution < -0.4 is 5.32 Å². The van der Waals surface area contributed by atoms with Gasteiger partial charge in [-0.15, -0.1) is 0 Å². The summed E-state index contributed by atoms with van der Waals surface area (Å²) in [7, 11) is 0. The molecule has 1 saturated carbocycles. The number of aromatic nitrogens is 2. The van der Waals surface area contributed by atoms with Crippen molar-refractivity contribution >= 4 is 17.5 Å². The molecule has 0 atom stereocenters. The van der Waals surface area contributed by atoms with E-state index in [1.54, 1.807) is 31.2 Å². The Hall–Kier alpha value is -4.92. The molecular formula is C32H24F3N3O3. The Morgan fingerprint density at radius 2 is 1.51 bits per heavy atom. The zero-order valence-corrected chi connectivity index (χ0v) is 21.9. The van der Waals surface area contributed by atoms with Crippen molar-refractivity contribution in [3.8, 4) is 33.7 Å². The number of pyridine rings is 1. The molecule has 1 aliphatic rings. The SMILES string of the molecule is Cc1noc(-c2ccc(-c3ccc(C4(C(=O)O)CC4)cc3)cc2)c1Nc1cccc(-c2cccc(C(F)(F)F)c2)n1. The van der Waals surface area contributed by atoms with E-state index >= 15 is 0 Å². The fourth-order valence-corrected chi connectivity index (χ4v) is 4.91. The average molecular weight is 556 g/mol. The van der Waals surface area contributed by atoms with Crippen molar-refractivity contribution in [1.82, 2.24) is 10.1 Å². The molecule has 0 saturated heterocycles. The minimum absolute atomic E-state index is 0.352. The molecule has 0 bridgehead atoms. The van der Waals surface area contributed by atoms with Crippen molar-refractivity contribution in [2.24, 2.45) is 0 Å². The van der Waals surface area contributed by atoms with Crippen LogP contribution in [0.4, 0.5) is 24.7 Å². The molecule has 0 amide bonds. The number of nitrogens with one attached hydrogen (secondary N) is 1. The molecule has 9 heteroatoms. The molecular weight excluding hydrogens is 531 g/mol.